The van der Waals surface area contributed by atoms with Crippen LogP contribution in [-0.2, 0) is 0 Å². The number of hydrogen-bond acceptors (Lipinski definition) is 3. The number of anilines is 1. The monoisotopic (exact) mass is 245 g/mol. The zero-order valence-corrected chi connectivity index (χ0v) is 11.2. The number of aromatic nitrogens is 1. The van der Waals surface area contributed by atoms with Crippen LogP contribution in [0.3, 0.4) is 0 Å². The normalized spacial score (nSPS) is 23.7. The van der Waals surface area contributed by atoms with E-state index in [4.69, 9.17) is 0 Å². The minimum Gasteiger partial charge on any atom is -0.371 e. The Balaban J connectivity index is 1.52. The van der Waals surface area contributed by atoms with Crippen molar-refractivity contribution in [1.82, 2.24) is 10.3 Å². The molecule has 3 heteroatoms. The van der Waals surface area contributed by atoms with Gasteiger partial charge in [-0.1, -0.05) is 0 Å². The Bertz CT molecular complexity index is 378. The third-order valence-electron chi connectivity index (χ3n) is 4.53. The van der Waals surface area contributed by atoms with Gasteiger partial charge in [0, 0.05) is 42.8 Å². The lowest BCUT2D eigenvalue weighted by Crippen LogP contribution is -2.55. The molecule has 1 aromatic rings. The molecule has 3 nitrogen and oxygen atoms in total. The highest BCUT2D eigenvalue weighted by atomic mass is 15.2. The minimum absolute atomic E-state index is 0.448. The fourth-order valence-corrected chi connectivity index (χ4v) is 3.18. The highest BCUT2D eigenvalue weighted by Gasteiger charge is 2.34. The van der Waals surface area contributed by atoms with Crippen molar-refractivity contribution >= 4 is 5.69 Å². The third-order valence-corrected chi connectivity index (χ3v) is 4.53. The Hall–Kier alpha value is -1.09. The van der Waals surface area contributed by atoms with E-state index < -0.39 is 0 Å². The number of nitrogens with one attached hydrogen (secondary N) is 1. The van der Waals surface area contributed by atoms with Crippen LogP contribution >= 0.6 is 0 Å². The van der Waals surface area contributed by atoms with Crippen molar-refractivity contribution in [3.63, 3.8) is 0 Å². The molecule has 0 amide bonds. The Labute approximate surface area is 110 Å². The predicted octanol–water partition coefficient (Wildman–Crippen LogP) is 2.58. The van der Waals surface area contributed by atoms with E-state index >= 15 is 0 Å². The van der Waals surface area contributed by atoms with E-state index in [0.29, 0.717) is 11.6 Å². The van der Waals surface area contributed by atoms with Gasteiger partial charge in [0.25, 0.3) is 0 Å². The lowest BCUT2D eigenvalue weighted by atomic mass is 9.77. The summed E-state index contributed by atoms with van der Waals surface area (Å²) >= 11 is 0. The molecule has 0 spiro atoms. The van der Waals surface area contributed by atoms with E-state index in [1.807, 2.05) is 12.4 Å². The van der Waals surface area contributed by atoms with Gasteiger partial charge >= 0.3 is 0 Å². The molecule has 98 valence electrons. The molecular formula is C15H23N3. The molecule has 1 saturated carbocycles. The summed E-state index contributed by atoms with van der Waals surface area (Å²) in [5.41, 5.74) is 1.77. The maximum atomic E-state index is 4.08. The molecule has 3 rings (SSSR count). The van der Waals surface area contributed by atoms with Crippen molar-refractivity contribution < 1.29 is 0 Å². The standard InChI is InChI=1S/C15H23N3/c1-15(7-2-8-15)17-13-5-11-18(12-6-13)14-3-9-16-10-4-14/h3-4,9-10,13,17H,2,5-8,11-12H2,1H3. The molecule has 2 fully saturated rings. The van der Waals surface area contributed by atoms with E-state index in [1.165, 1.54) is 37.8 Å². The molecule has 2 aliphatic rings. The van der Waals surface area contributed by atoms with Crippen molar-refractivity contribution in [1.29, 1.82) is 0 Å². The molecule has 1 aliphatic carbocycles. The second-order valence-corrected chi connectivity index (χ2v) is 6.03. The van der Waals surface area contributed by atoms with Crippen LogP contribution in [0.4, 0.5) is 5.69 Å². The van der Waals surface area contributed by atoms with Gasteiger partial charge in [0.2, 0.25) is 0 Å². The molecule has 0 atom stereocenters. The summed E-state index contributed by atoms with van der Waals surface area (Å²) in [5, 5.41) is 3.86. The summed E-state index contributed by atoms with van der Waals surface area (Å²) in [5.74, 6) is 0. The molecule has 0 unspecified atom stereocenters. The van der Waals surface area contributed by atoms with Gasteiger partial charge in [-0.2, -0.15) is 0 Å². The Kier molecular flexibility index (Phi) is 3.25. The molecular weight excluding hydrogens is 222 g/mol. The highest BCUT2D eigenvalue weighted by molar-refractivity contribution is 5.44. The number of rotatable bonds is 3. The van der Waals surface area contributed by atoms with Crippen molar-refractivity contribution in [3.05, 3.63) is 24.5 Å². The average molecular weight is 245 g/mol. The molecule has 0 bridgehead atoms. The molecule has 1 saturated heterocycles. The van der Waals surface area contributed by atoms with Gasteiger partial charge in [-0.15, -0.1) is 0 Å². The third kappa shape index (κ3) is 2.51. The molecule has 0 radical (unpaired) electrons. The summed E-state index contributed by atoms with van der Waals surface area (Å²) in [6.07, 6.45) is 10.4. The van der Waals surface area contributed by atoms with Crippen molar-refractivity contribution in [3.8, 4) is 0 Å². The first-order chi connectivity index (χ1) is 8.75. The van der Waals surface area contributed by atoms with Crippen molar-refractivity contribution in [2.45, 2.75) is 50.6 Å². The first kappa shape index (κ1) is 12.0. The zero-order chi connectivity index (χ0) is 12.4. The van der Waals surface area contributed by atoms with Gasteiger partial charge in [-0.3, -0.25) is 4.98 Å². The summed E-state index contributed by atoms with van der Waals surface area (Å²) in [6.45, 7) is 4.71. The lowest BCUT2D eigenvalue weighted by Gasteiger charge is -2.44. The van der Waals surface area contributed by atoms with Crippen LogP contribution in [0, 0.1) is 0 Å². The maximum Gasteiger partial charge on any atom is 0.0397 e. The molecule has 1 aliphatic heterocycles. The Morgan fingerprint density at radius 2 is 1.89 bits per heavy atom. The first-order valence-electron chi connectivity index (χ1n) is 7.18. The number of nitrogens with zero attached hydrogens (tertiary/aromatic N) is 2. The number of piperidine rings is 1. The van der Waals surface area contributed by atoms with Crippen LogP contribution in [0.1, 0.15) is 39.0 Å². The zero-order valence-electron chi connectivity index (χ0n) is 11.2. The molecule has 0 aromatic carbocycles. The highest BCUT2D eigenvalue weighted by Crippen LogP contribution is 2.32. The first-order valence-corrected chi connectivity index (χ1v) is 7.18. The fourth-order valence-electron chi connectivity index (χ4n) is 3.18. The molecule has 1 aromatic heterocycles. The second-order valence-electron chi connectivity index (χ2n) is 6.03. The summed E-state index contributed by atoms with van der Waals surface area (Å²) in [6, 6.07) is 4.94. The van der Waals surface area contributed by atoms with Crippen molar-refractivity contribution in [2.24, 2.45) is 0 Å². The predicted molar refractivity (Wildman–Crippen MR) is 74.9 cm³/mol. The molecule has 18 heavy (non-hydrogen) atoms. The van der Waals surface area contributed by atoms with E-state index in [0.717, 1.165) is 13.1 Å². The van der Waals surface area contributed by atoms with E-state index in [1.54, 1.807) is 0 Å². The van der Waals surface area contributed by atoms with Crippen LogP contribution in [-0.4, -0.2) is 29.7 Å². The van der Waals surface area contributed by atoms with Gasteiger partial charge in [0.15, 0.2) is 0 Å². The van der Waals surface area contributed by atoms with E-state index in [2.05, 4.69) is 34.3 Å². The van der Waals surface area contributed by atoms with Crippen LogP contribution < -0.4 is 10.2 Å². The summed E-state index contributed by atoms with van der Waals surface area (Å²) in [7, 11) is 0. The Morgan fingerprint density at radius 1 is 1.22 bits per heavy atom. The lowest BCUT2D eigenvalue weighted by molar-refractivity contribution is 0.174. The van der Waals surface area contributed by atoms with Gasteiger partial charge < -0.3 is 10.2 Å². The minimum atomic E-state index is 0.448. The van der Waals surface area contributed by atoms with Gasteiger partial charge in [0.1, 0.15) is 0 Å². The molecule has 2 heterocycles. The molecule has 1 N–H and O–H groups in total. The van der Waals surface area contributed by atoms with E-state index in [-0.39, 0.29) is 0 Å². The Morgan fingerprint density at radius 3 is 2.44 bits per heavy atom. The number of hydrogen-bond donors (Lipinski definition) is 1. The van der Waals surface area contributed by atoms with Crippen LogP contribution in [0.2, 0.25) is 0 Å². The summed E-state index contributed by atoms with van der Waals surface area (Å²) < 4.78 is 0. The second kappa shape index (κ2) is 4.88. The fraction of sp³-hybridized carbons (Fsp3) is 0.667. The summed E-state index contributed by atoms with van der Waals surface area (Å²) in [4.78, 5) is 6.56. The smallest absolute Gasteiger partial charge is 0.0397 e. The van der Waals surface area contributed by atoms with Crippen molar-refractivity contribution in [2.75, 3.05) is 18.0 Å². The topological polar surface area (TPSA) is 28.2 Å². The van der Waals surface area contributed by atoms with Gasteiger partial charge in [-0.05, 0) is 51.2 Å². The largest absolute Gasteiger partial charge is 0.371 e. The van der Waals surface area contributed by atoms with Crippen LogP contribution in [0.5, 0.6) is 0 Å². The van der Waals surface area contributed by atoms with Gasteiger partial charge in [0.05, 0.1) is 0 Å². The maximum absolute atomic E-state index is 4.08. The SMILES string of the molecule is CC1(NC2CCN(c3ccncc3)CC2)CCC1. The van der Waals surface area contributed by atoms with Crippen LogP contribution in [0.15, 0.2) is 24.5 Å². The number of pyridine rings is 1. The van der Waals surface area contributed by atoms with E-state index in [9.17, 15) is 0 Å². The van der Waals surface area contributed by atoms with Gasteiger partial charge in [-0.25, -0.2) is 0 Å². The quantitative estimate of drug-likeness (QED) is 0.887. The van der Waals surface area contributed by atoms with Crippen LogP contribution in [0.25, 0.3) is 0 Å². The average Bonchev–Trinajstić information content (AvgIpc) is 2.39.